The van der Waals surface area contributed by atoms with E-state index in [0.717, 1.165) is 11.3 Å². The smallest absolute Gasteiger partial charge is 0.261 e. The van der Waals surface area contributed by atoms with E-state index in [2.05, 4.69) is 15.3 Å². The second-order valence-corrected chi connectivity index (χ2v) is 8.69. The molecule has 8 nitrogen and oxygen atoms in total. The van der Waals surface area contributed by atoms with Crippen LogP contribution in [0.25, 0.3) is 11.4 Å². The first-order chi connectivity index (χ1) is 17.0. The van der Waals surface area contributed by atoms with Gasteiger partial charge in [-0.25, -0.2) is 4.98 Å². The number of rotatable bonds is 7. The first-order valence-electron chi connectivity index (χ1n) is 10.8. The van der Waals surface area contributed by atoms with Gasteiger partial charge in [0, 0.05) is 23.7 Å². The average Bonchev–Trinajstić information content (AvgIpc) is 3.46. The number of thiazole rings is 1. The van der Waals surface area contributed by atoms with Gasteiger partial charge in [0.1, 0.15) is 11.4 Å². The van der Waals surface area contributed by atoms with Crippen molar-refractivity contribution in [1.29, 1.82) is 0 Å². The van der Waals surface area contributed by atoms with E-state index >= 15 is 0 Å². The minimum Gasteiger partial charge on any atom is -0.497 e. The van der Waals surface area contributed by atoms with Crippen LogP contribution in [0.5, 0.6) is 5.75 Å². The Labute approximate surface area is 205 Å². The number of hydrogen-bond acceptors (Lipinski definition) is 7. The van der Waals surface area contributed by atoms with Crippen molar-refractivity contribution in [3.8, 4) is 17.1 Å². The van der Waals surface area contributed by atoms with E-state index in [1.54, 1.807) is 19.4 Å². The zero-order valence-corrected chi connectivity index (χ0v) is 19.5. The van der Waals surface area contributed by atoms with Crippen LogP contribution in [0, 0.1) is 0 Å². The lowest BCUT2D eigenvalue weighted by Crippen LogP contribution is -2.31. The van der Waals surface area contributed by atoms with Gasteiger partial charge >= 0.3 is 0 Å². The Hall–Kier alpha value is -4.37. The van der Waals surface area contributed by atoms with Crippen LogP contribution in [0.15, 0.2) is 72.2 Å². The summed E-state index contributed by atoms with van der Waals surface area (Å²) in [5.74, 6) is -0.428. The highest BCUT2D eigenvalue weighted by atomic mass is 32.1. The highest BCUT2D eigenvalue weighted by molar-refractivity contribution is 7.14. The predicted octanol–water partition coefficient (Wildman–Crippen LogP) is 4.30. The molecular weight excluding hydrogens is 464 g/mol. The summed E-state index contributed by atoms with van der Waals surface area (Å²) in [5, 5.41) is 4.98. The van der Waals surface area contributed by atoms with Crippen LogP contribution in [-0.2, 0) is 6.42 Å². The van der Waals surface area contributed by atoms with Crippen LogP contribution in [0.1, 0.15) is 36.6 Å². The van der Waals surface area contributed by atoms with Crippen molar-refractivity contribution in [3.63, 3.8) is 0 Å². The number of ether oxygens (including phenoxy) is 1. The molecule has 4 aromatic rings. The number of aromatic nitrogens is 2. The van der Waals surface area contributed by atoms with E-state index in [4.69, 9.17) is 4.74 Å². The van der Waals surface area contributed by atoms with Crippen molar-refractivity contribution in [2.75, 3.05) is 19.0 Å². The van der Waals surface area contributed by atoms with E-state index in [1.165, 1.54) is 28.4 Å². The molecule has 0 spiro atoms. The number of carbonyl (C=O) groups is 3. The normalized spacial score (nSPS) is 12.5. The molecule has 0 aliphatic carbocycles. The van der Waals surface area contributed by atoms with Crippen molar-refractivity contribution in [3.05, 3.63) is 94.5 Å². The first kappa shape index (κ1) is 22.4. The highest BCUT2D eigenvalue weighted by Crippen LogP contribution is 2.27. The molecule has 1 N–H and O–H groups in total. The SMILES string of the molecule is COc1ccc(CCN2C(=O)c3ccc(C(=O)Nc4nc(-c5ccccn5)cs4)cc3C2=O)cc1. The first-order valence-corrected chi connectivity index (χ1v) is 11.7. The zero-order chi connectivity index (χ0) is 24.4. The van der Waals surface area contributed by atoms with Gasteiger partial charge in [-0.05, 0) is 54.4 Å². The highest BCUT2D eigenvalue weighted by Gasteiger charge is 2.35. The second kappa shape index (κ2) is 9.47. The maximum Gasteiger partial charge on any atom is 0.261 e. The van der Waals surface area contributed by atoms with Crippen molar-refractivity contribution >= 4 is 34.2 Å². The van der Waals surface area contributed by atoms with Gasteiger partial charge in [-0.3, -0.25) is 29.6 Å². The van der Waals surface area contributed by atoms with Crippen molar-refractivity contribution in [2.24, 2.45) is 0 Å². The van der Waals surface area contributed by atoms with Gasteiger partial charge in [-0.2, -0.15) is 0 Å². The van der Waals surface area contributed by atoms with E-state index in [0.29, 0.717) is 28.5 Å². The zero-order valence-electron chi connectivity index (χ0n) is 18.7. The van der Waals surface area contributed by atoms with Crippen molar-refractivity contribution in [2.45, 2.75) is 6.42 Å². The Morgan fingerprint density at radius 3 is 2.54 bits per heavy atom. The van der Waals surface area contributed by atoms with E-state index in [1.807, 2.05) is 47.8 Å². The molecule has 1 aliphatic rings. The van der Waals surface area contributed by atoms with Crippen molar-refractivity contribution < 1.29 is 19.1 Å². The molecule has 174 valence electrons. The summed E-state index contributed by atoms with van der Waals surface area (Å²) >= 11 is 1.28. The number of anilines is 1. The number of nitrogens with zero attached hydrogens (tertiary/aromatic N) is 3. The monoisotopic (exact) mass is 484 g/mol. The fraction of sp³-hybridized carbons (Fsp3) is 0.115. The van der Waals surface area contributed by atoms with Crippen molar-refractivity contribution in [1.82, 2.24) is 14.9 Å². The molecule has 3 amide bonds. The summed E-state index contributed by atoms with van der Waals surface area (Å²) in [6.07, 6.45) is 2.20. The van der Waals surface area contributed by atoms with Gasteiger partial charge in [-0.1, -0.05) is 18.2 Å². The Morgan fingerprint density at radius 2 is 1.80 bits per heavy atom. The fourth-order valence-corrected chi connectivity index (χ4v) is 4.50. The summed E-state index contributed by atoms with van der Waals surface area (Å²) in [5.41, 5.74) is 3.15. The van der Waals surface area contributed by atoms with Gasteiger partial charge in [-0.15, -0.1) is 11.3 Å². The quantitative estimate of drug-likeness (QED) is 0.393. The van der Waals surface area contributed by atoms with Crippen LogP contribution in [0.3, 0.4) is 0 Å². The maximum atomic E-state index is 13.0. The Balaban J connectivity index is 1.27. The number of benzene rings is 2. The fourth-order valence-electron chi connectivity index (χ4n) is 3.80. The molecule has 0 bridgehead atoms. The Morgan fingerprint density at radius 1 is 1.00 bits per heavy atom. The summed E-state index contributed by atoms with van der Waals surface area (Å²) in [6, 6.07) is 17.5. The number of imide groups is 1. The summed E-state index contributed by atoms with van der Waals surface area (Å²) in [7, 11) is 1.60. The van der Waals surface area contributed by atoms with Gasteiger partial charge < -0.3 is 4.74 Å². The second-order valence-electron chi connectivity index (χ2n) is 7.83. The number of fused-ring (bicyclic) bond motifs is 1. The number of carbonyl (C=O) groups excluding carboxylic acids is 3. The Kier molecular flexibility index (Phi) is 6.07. The van der Waals surface area contributed by atoms with Crippen LogP contribution in [0.2, 0.25) is 0 Å². The molecule has 0 radical (unpaired) electrons. The van der Waals surface area contributed by atoms with E-state index in [9.17, 15) is 14.4 Å². The molecule has 2 aromatic carbocycles. The molecule has 0 atom stereocenters. The topological polar surface area (TPSA) is 101 Å². The van der Waals surface area contributed by atoms with Gasteiger partial charge in [0.15, 0.2) is 5.13 Å². The summed E-state index contributed by atoms with van der Waals surface area (Å²) < 4.78 is 5.16. The molecule has 3 heterocycles. The molecule has 1 aliphatic heterocycles. The molecule has 2 aromatic heterocycles. The van der Waals surface area contributed by atoms with E-state index < -0.39 is 11.8 Å². The summed E-state index contributed by atoms with van der Waals surface area (Å²) in [4.78, 5) is 48.5. The standard InChI is InChI=1S/C26H20N4O4S/c1-34-18-8-5-16(6-9-18)11-13-30-24(32)19-10-7-17(14-20(19)25(30)33)23(31)29-26-28-22(15-35-26)21-4-2-3-12-27-21/h2-10,12,14-15H,11,13H2,1H3,(H,28,29,31). The third kappa shape index (κ3) is 4.53. The molecule has 9 heteroatoms. The molecule has 0 unspecified atom stereocenters. The number of methoxy groups -OCH3 is 1. The lowest BCUT2D eigenvalue weighted by atomic mass is 10.1. The van der Waals surface area contributed by atoms with Gasteiger partial charge in [0.2, 0.25) is 0 Å². The minimum absolute atomic E-state index is 0.227. The predicted molar refractivity (Wildman–Crippen MR) is 132 cm³/mol. The molecule has 0 saturated carbocycles. The summed E-state index contributed by atoms with van der Waals surface area (Å²) in [6.45, 7) is 0.246. The molecule has 0 saturated heterocycles. The number of pyridine rings is 1. The van der Waals surface area contributed by atoms with E-state index in [-0.39, 0.29) is 23.6 Å². The lowest BCUT2D eigenvalue weighted by molar-refractivity contribution is 0.0656. The van der Waals surface area contributed by atoms with Crippen LogP contribution in [0.4, 0.5) is 5.13 Å². The van der Waals surface area contributed by atoms with Crippen LogP contribution >= 0.6 is 11.3 Å². The van der Waals surface area contributed by atoms with Gasteiger partial charge in [0.05, 0.1) is 23.9 Å². The lowest BCUT2D eigenvalue weighted by Gasteiger charge is -2.13. The Bertz CT molecular complexity index is 1420. The third-order valence-electron chi connectivity index (χ3n) is 5.67. The molecule has 5 rings (SSSR count). The average molecular weight is 485 g/mol. The number of hydrogen-bond donors (Lipinski definition) is 1. The third-order valence-corrected chi connectivity index (χ3v) is 6.43. The minimum atomic E-state index is -0.411. The maximum absolute atomic E-state index is 13.0. The molecular formula is C26H20N4O4S. The largest absolute Gasteiger partial charge is 0.497 e. The molecule has 0 fully saturated rings. The molecule has 35 heavy (non-hydrogen) atoms. The van der Waals surface area contributed by atoms with Crippen LogP contribution < -0.4 is 10.1 Å². The van der Waals surface area contributed by atoms with Gasteiger partial charge in [0.25, 0.3) is 17.7 Å². The number of amides is 3. The van der Waals surface area contributed by atoms with Crippen LogP contribution in [-0.4, -0.2) is 46.2 Å². The number of nitrogens with one attached hydrogen (secondary N) is 1.